The Morgan fingerprint density at radius 3 is 2.50 bits per heavy atom. The number of halogens is 1. The monoisotopic (exact) mass is 357 g/mol. The third kappa shape index (κ3) is 3.37. The molecule has 1 unspecified atom stereocenters. The summed E-state index contributed by atoms with van der Waals surface area (Å²) in [6.07, 6.45) is 1.74. The molecule has 0 bridgehead atoms. The third-order valence-corrected chi connectivity index (χ3v) is 4.50. The molecule has 0 radical (unpaired) electrons. The second-order valence-corrected chi connectivity index (χ2v) is 6.24. The van der Waals surface area contributed by atoms with E-state index in [0.29, 0.717) is 23.6 Å². The Bertz CT molecular complexity index is 907. The Kier molecular flexibility index (Phi) is 5.42. The normalized spacial score (nSPS) is 12.3. The maximum Gasteiger partial charge on any atom is 0.163 e. The SMILES string of the molecule is CCCC(N)c1nc2cc(OC)c(OC)cc2n1Cc1ccccc1F. The first-order valence-corrected chi connectivity index (χ1v) is 8.70. The van der Waals surface area contributed by atoms with Crippen molar-refractivity contribution in [3.8, 4) is 11.5 Å². The molecular weight excluding hydrogens is 333 g/mol. The summed E-state index contributed by atoms with van der Waals surface area (Å²) in [5.41, 5.74) is 8.54. The summed E-state index contributed by atoms with van der Waals surface area (Å²) in [4.78, 5) is 4.72. The minimum Gasteiger partial charge on any atom is -0.493 e. The van der Waals surface area contributed by atoms with Gasteiger partial charge < -0.3 is 19.8 Å². The third-order valence-electron chi connectivity index (χ3n) is 4.50. The number of methoxy groups -OCH3 is 2. The van der Waals surface area contributed by atoms with Gasteiger partial charge in [0, 0.05) is 17.7 Å². The maximum atomic E-state index is 14.2. The van der Waals surface area contributed by atoms with E-state index in [4.69, 9.17) is 20.2 Å². The molecule has 1 atom stereocenters. The van der Waals surface area contributed by atoms with Gasteiger partial charge in [0.2, 0.25) is 0 Å². The quantitative estimate of drug-likeness (QED) is 0.693. The molecule has 0 spiro atoms. The van der Waals surface area contributed by atoms with Gasteiger partial charge in [-0.15, -0.1) is 0 Å². The van der Waals surface area contributed by atoms with Crippen LogP contribution in [0.1, 0.15) is 37.2 Å². The van der Waals surface area contributed by atoms with E-state index < -0.39 is 0 Å². The van der Waals surface area contributed by atoms with Crippen LogP contribution in [0.4, 0.5) is 4.39 Å². The molecule has 3 aromatic rings. The van der Waals surface area contributed by atoms with Crippen molar-refractivity contribution in [2.45, 2.75) is 32.4 Å². The minimum atomic E-state index is -0.246. The van der Waals surface area contributed by atoms with E-state index in [0.717, 1.165) is 29.7 Å². The zero-order chi connectivity index (χ0) is 18.7. The van der Waals surface area contributed by atoms with Crippen molar-refractivity contribution in [1.29, 1.82) is 0 Å². The van der Waals surface area contributed by atoms with Crippen LogP contribution in [0.2, 0.25) is 0 Å². The highest BCUT2D eigenvalue weighted by atomic mass is 19.1. The molecule has 26 heavy (non-hydrogen) atoms. The van der Waals surface area contributed by atoms with Gasteiger partial charge in [0.25, 0.3) is 0 Å². The highest BCUT2D eigenvalue weighted by Gasteiger charge is 2.20. The Balaban J connectivity index is 2.18. The lowest BCUT2D eigenvalue weighted by Gasteiger charge is -2.15. The van der Waals surface area contributed by atoms with Crippen LogP contribution in [-0.4, -0.2) is 23.8 Å². The van der Waals surface area contributed by atoms with Crippen molar-refractivity contribution in [2.24, 2.45) is 5.73 Å². The summed E-state index contributed by atoms with van der Waals surface area (Å²) in [6.45, 7) is 2.43. The smallest absolute Gasteiger partial charge is 0.163 e. The van der Waals surface area contributed by atoms with Gasteiger partial charge >= 0.3 is 0 Å². The molecule has 0 saturated heterocycles. The number of rotatable bonds is 7. The van der Waals surface area contributed by atoms with Crippen LogP contribution in [-0.2, 0) is 6.54 Å². The predicted molar refractivity (Wildman–Crippen MR) is 100 cm³/mol. The zero-order valence-electron chi connectivity index (χ0n) is 15.3. The molecule has 0 aliphatic carbocycles. The molecule has 138 valence electrons. The van der Waals surface area contributed by atoms with Gasteiger partial charge in [-0.3, -0.25) is 0 Å². The fourth-order valence-electron chi connectivity index (χ4n) is 3.16. The number of nitrogens with two attached hydrogens (primary N) is 1. The topological polar surface area (TPSA) is 62.3 Å². The molecule has 5 nitrogen and oxygen atoms in total. The average molecular weight is 357 g/mol. The van der Waals surface area contributed by atoms with Gasteiger partial charge in [0.1, 0.15) is 11.6 Å². The second-order valence-electron chi connectivity index (χ2n) is 6.24. The summed E-state index contributed by atoms with van der Waals surface area (Å²) in [7, 11) is 3.18. The highest BCUT2D eigenvalue weighted by Crippen LogP contribution is 2.34. The number of fused-ring (bicyclic) bond motifs is 1. The van der Waals surface area contributed by atoms with Gasteiger partial charge in [-0.25, -0.2) is 9.37 Å². The first-order valence-electron chi connectivity index (χ1n) is 8.70. The predicted octanol–water partition coefficient (Wildman–Crippen LogP) is 4.04. The fraction of sp³-hybridized carbons (Fsp3) is 0.350. The molecule has 2 aromatic carbocycles. The standard InChI is InChI=1S/C20H24FN3O2/c1-4-7-15(22)20-23-16-10-18(25-2)19(26-3)11-17(16)24(20)12-13-8-5-6-9-14(13)21/h5-6,8-11,15H,4,7,12,22H2,1-3H3. The Morgan fingerprint density at radius 1 is 1.15 bits per heavy atom. The van der Waals surface area contributed by atoms with Crippen molar-refractivity contribution in [3.63, 3.8) is 0 Å². The van der Waals surface area contributed by atoms with E-state index in [1.54, 1.807) is 26.4 Å². The molecule has 3 rings (SSSR count). The van der Waals surface area contributed by atoms with Crippen molar-refractivity contribution in [1.82, 2.24) is 9.55 Å². The zero-order valence-corrected chi connectivity index (χ0v) is 15.3. The van der Waals surface area contributed by atoms with Gasteiger partial charge in [0.15, 0.2) is 11.5 Å². The van der Waals surface area contributed by atoms with Crippen molar-refractivity contribution < 1.29 is 13.9 Å². The summed E-state index contributed by atoms with van der Waals surface area (Å²) >= 11 is 0. The number of hydrogen-bond donors (Lipinski definition) is 1. The molecule has 0 fully saturated rings. The number of nitrogens with zero attached hydrogens (tertiary/aromatic N) is 2. The first kappa shape index (κ1) is 18.2. The van der Waals surface area contributed by atoms with Gasteiger partial charge in [-0.05, 0) is 12.5 Å². The van der Waals surface area contributed by atoms with E-state index >= 15 is 0 Å². The summed E-state index contributed by atoms with van der Waals surface area (Å²) in [5.74, 6) is 1.70. The number of benzene rings is 2. The Hall–Kier alpha value is -2.60. The summed E-state index contributed by atoms with van der Waals surface area (Å²) in [5, 5.41) is 0. The largest absolute Gasteiger partial charge is 0.493 e. The molecule has 1 heterocycles. The fourth-order valence-corrected chi connectivity index (χ4v) is 3.16. The molecule has 1 aromatic heterocycles. The van der Waals surface area contributed by atoms with Crippen molar-refractivity contribution in [2.75, 3.05) is 14.2 Å². The lowest BCUT2D eigenvalue weighted by molar-refractivity contribution is 0.355. The lowest BCUT2D eigenvalue weighted by atomic mass is 10.1. The van der Waals surface area contributed by atoms with Crippen LogP contribution in [0.25, 0.3) is 11.0 Å². The van der Waals surface area contributed by atoms with Crippen LogP contribution in [0.3, 0.4) is 0 Å². The molecule has 0 aliphatic rings. The number of imidazole rings is 1. The average Bonchev–Trinajstić information content (AvgIpc) is 3.00. The Morgan fingerprint density at radius 2 is 1.85 bits per heavy atom. The van der Waals surface area contributed by atoms with Crippen molar-refractivity contribution in [3.05, 3.63) is 53.6 Å². The Labute approximate surface area is 152 Å². The molecule has 0 aliphatic heterocycles. The van der Waals surface area contributed by atoms with E-state index in [1.807, 2.05) is 22.8 Å². The minimum absolute atomic E-state index is 0.226. The maximum absolute atomic E-state index is 14.2. The van der Waals surface area contributed by atoms with Crippen LogP contribution in [0.15, 0.2) is 36.4 Å². The number of aromatic nitrogens is 2. The summed E-state index contributed by atoms with van der Waals surface area (Å²) in [6, 6.07) is 10.2. The van der Waals surface area contributed by atoms with Gasteiger partial charge in [-0.2, -0.15) is 0 Å². The molecular formula is C20H24FN3O2. The second kappa shape index (κ2) is 7.74. The van der Waals surface area contributed by atoms with Crippen LogP contribution in [0.5, 0.6) is 11.5 Å². The van der Waals surface area contributed by atoms with E-state index in [1.165, 1.54) is 6.07 Å². The van der Waals surface area contributed by atoms with E-state index in [9.17, 15) is 4.39 Å². The number of hydrogen-bond acceptors (Lipinski definition) is 4. The van der Waals surface area contributed by atoms with Crippen LogP contribution >= 0.6 is 0 Å². The highest BCUT2D eigenvalue weighted by molar-refractivity contribution is 5.81. The summed E-state index contributed by atoms with van der Waals surface area (Å²) < 4.78 is 27.0. The van der Waals surface area contributed by atoms with E-state index in [-0.39, 0.29) is 11.9 Å². The number of ether oxygens (including phenoxy) is 2. The molecule has 0 saturated carbocycles. The van der Waals surface area contributed by atoms with Crippen LogP contribution < -0.4 is 15.2 Å². The van der Waals surface area contributed by atoms with Crippen molar-refractivity contribution >= 4 is 11.0 Å². The van der Waals surface area contributed by atoms with E-state index in [2.05, 4.69) is 6.92 Å². The molecule has 6 heteroatoms. The first-order chi connectivity index (χ1) is 12.6. The van der Waals surface area contributed by atoms with Gasteiger partial charge in [-0.1, -0.05) is 31.5 Å². The van der Waals surface area contributed by atoms with Crippen LogP contribution in [0, 0.1) is 5.82 Å². The molecule has 2 N–H and O–H groups in total. The molecule has 0 amide bonds. The lowest BCUT2D eigenvalue weighted by Crippen LogP contribution is -2.17. The van der Waals surface area contributed by atoms with Gasteiger partial charge in [0.05, 0.1) is 37.8 Å².